The maximum absolute atomic E-state index is 12.2. The second-order valence-corrected chi connectivity index (χ2v) is 6.11. The number of hydrogen-bond donors (Lipinski definition) is 1. The Kier molecular flexibility index (Phi) is 5.36. The van der Waals surface area contributed by atoms with Crippen molar-refractivity contribution in [2.75, 3.05) is 6.54 Å². The molecule has 0 bridgehead atoms. The highest BCUT2D eigenvalue weighted by Crippen LogP contribution is 2.14. The summed E-state index contributed by atoms with van der Waals surface area (Å²) >= 11 is 6.67. The van der Waals surface area contributed by atoms with Crippen LogP contribution in [-0.2, 0) is 11.3 Å². The molecule has 2 heterocycles. The van der Waals surface area contributed by atoms with Crippen molar-refractivity contribution >= 4 is 37.8 Å². The number of nitrogens with zero attached hydrogens (tertiary/aromatic N) is 4. The summed E-state index contributed by atoms with van der Waals surface area (Å²) in [7, 11) is 0. The third kappa shape index (κ3) is 3.92. The highest BCUT2D eigenvalue weighted by molar-refractivity contribution is 9.10. The number of hydrogen-bond acceptors (Lipinski definition) is 3. The van der Waals surface area contributed by atoms with Crippen LogP contribution in [0.3, 0.4) is 0 Å². The molecular formula is C12H15Br2N5O. The molecule has 1 N–H and O–H groups in total. The van der Waals surface area contributed by atoms with E-state index in [1.54, 1.807) is 28.0 Å². The number of carbonyl (C=O) groups excluding carboxylic acids is 1. The maximum atomic E-state index is 12.2. The van der Waals surface area contributed by atoms with Gasteiger partial charge in [0.1, 0.15) is 6.04 Å². The summed E-state index contributed by atoms with van der Waals surface area (Å²) in [6.07, 6.45) is 7.76. The summed E-state index contributed by atoms with van der Waals surface area (Å²) in [5, 5.41) is 11.2. The van der Waals surface area contributed by atoms with E-state index >= 15 is 0 Å². The van der Waals surface area contributed by atoms with Crippen molar-refractivity contribution < 1.29 is 4.79 Å². The van der Waals surface area contributed by atoms with Gasteiger partial charge in [0.05, 0.1) is 27.9 Å². The van der Waals surface area contributed by atoms with Crippen molar-refractivity contribution in [1.82, 2.24) is 24.9 Å². The molecule has 0 aliphatic rings. The molecule has 1 atom stereocenters. The number of halogens is 2. The van der Waals surface area contributed by atoms with Crippen LogP contribution in [0.4, 0.5) is 0 Å². The molecule has 2 rings (SSSR count). The van der Waals surface area contributed by atoms with Gasteiger partial charge >= 0.3 is 0 Å². The second-order valence-electron chi connectivity index (χ2n) is 4.28. The van der Waals surface area contributed by atoms with Crippen LogP contribution in [-0.4, -0.2) is 32.0 Å². The lowest BCUT2D eigenvalue weighted by Crippen LogP contribution is -2.34. The van der Waals surface area contributed by atoms with E-state index in [9.17, 15) is 4.79 Å². The molecule has 2 aromatic rings. The van der Waals surface area contributed by atoms with Crippen molar-refractivity contribution in [3.63, 3.8) is 0 Å². The molecule has 1 amide bonds. The average molecular weight is 405 g/mol. The molecule has 0 spiro atoms. The number of nitrogens with one attached hydrogen (secondary N) is 1. The molecule has 1 unspecified atom stereocenters. The van der Waals surface area contributed by atoms with Gasteiger partial charge < -0.3 is 5.32 Å². The number of carbonyl (C=O) groups is 1. The van der Waals surface area contributed by atoms with E-state index in [2.05, 4.69) is 47.4 Å². The fourth-order valence-electron chi connectivity index (χ4n) is 1.85. The van der Waals surface area contributed by atoms with Gasteiger partial charge in [-0.15, -0.1) is 0 Å². The van der Waals surface area contributed by atoms with Crippen LogP contribution in [0.2, 0.25) is 0 Å². The first-order valence-electron chi connectivity index (χ1n) is 6.25. The molecule has 108 valence electrons. The Morgan fingerprint density at radius 2 is 2.00 bits per heavy atom. The highest BCUT2D eigenvalue weighted by Gasteiger charge is 2.18. The molecule has 20 heavy (non-hydrogen) atoms. The van der Waals surface area contributed by atoms with Crippen LogP contribution in [0, 0.1) is 0 Å². The van der Waals surface area contributed by atoms with E-state index < -0.39 is 0 Å². The molecule has 0 aliphatic carbocycles. The van der Waals surface area contributed by atoms with Gasteiger partial charge in [-0.3, -0.25) is 14.2 Å². The number of aromatic nitrogens is 4. The van der Waals surface area contributed by atoms with E-state index in [4.69, 9.17) is 0 Å². The van der Waals surface area contributed by atoms with E-state index in [1.165, 1.54) is 0 Å². The van der Waals surface area contributed by atoms with Gasteiger partial charge in [-0.1, -0.05) is 6.92 Å². The van der Waals surface area contributed by atoms with Crippen molar-refractivity contribution in [2.24, 2.45) is 0 Å². The zero-order valence-corrected chi connectivity index (χ0v) is 14.1. The van der Waals surface area contributed by atoms with Gasteiger partial charge in [0.15, 0.2) is 0 Å². The lowest BCUT2D eigenvalue weighted by molar-refractivity contribution is -0.124. The predicted octanol–water partition coefficient (Wildman–Crippen LogP) is 2.37. The fraction of sp³-hybridized carbons (Fsp3) is 0.417. The van der Waals surface area contributed by atoms with E-state index in [0.29, 0.717) is 19.5 Å². The third-order valence-corrected chi connectivity index (χ3v) is 3.64. The summed E-state index contributed by atoms with van der Waals surface area (Å²) in [6.45, 7) is 3.13. The van der Waals surface area contributed by atoms with Gasteiger partial charge in [-0.2, -0.15) is 10.2 Å². The Labute approximate surface area is 133 Å². The van der Waals surface area contributed by atoms with E-state index in [1.807, 2.05) is 13.1 Å². The van der Waals surface area contributed by atoms with E-state index in [0.717, 1.165) is 8.95 Å². The molecule has 0 fully saturated rings. The van der Waals surface area contributed by atoms with Crippen molar-refractivity contribution in [2.45, 2.75) is 25.9 Å². The van der Waals surface area contributed by atoms with Crippen LogP contribution in [0.5, 0.6) is 0 Å². The summed E-state index contributed by atoms with van der Waals surface area (Å²) in [6, 6.07) is -0.286. The van der Waals surface area contributed by atoms with Crippen molar-refractivity contribution in [3.8, 4) is 0 Å². The highest BCUT2D eigenvalue weighted by atomic mass is 79.9. The first-order valence-corrected chi connectivity index (χ1v) is 7.84. The zero-order valence-electron chi connectivity index (χ0n) is 11.0. The van der Waals surface area contributed by atoms with Crippen LogP contribution in [0.25, 0.3) is 0 Å². The first kappa shape index (κ1) is 15.2. The Bertz CT molecular complexity index is 580. The molecule has 0 saturated carbocycles. The van der Waals surface area contributed by atoms with Gasteiger partial charge in [0, 0.05) is 18.9 Å². The van der Waals surface area contributed by atoms with Gasteiger partial charge in [-0.05, 0) is 38.3 Å². The molecule has 0 radical (unpaired) electrons. The summed E-state index contributed by atoms with van der Waals surface area (Å²) in [5.74, 6) is -0.0330. The SMILES string of the molecule is CCC(C(=O)NCCn1cc(Br)cn1)n1cc(Br)cn1. The van der Waals surface area contributed by atoms with Gasteiger partial charge in [0.2, 0.25) is 5.91 Å². The minimum Gasteiger partial charge on any atom is -0.352 e. The predicted molar refractivity (Wildman–Crippen MR) is 82.2 cm³/mol. The Morgan fingerprint density at radius 1 is 1.30 bits per heavy atom. The summed E-state index contributed by atoms with van der Waals surface area (Å²) in [4.78, 5) is 12.2. The monoisotopic (exact) mass is 403 g/mol. The minimum atomic E-state index is -0.286. The Hall–Kier alpha value is -1.15. The standard InChI is InChI=1S/C12H15Br2N5O/c1-2-11(19-8-10(14)6-17-19)12(20)15-3-4-18-7-9(13)5-16-18/h5-8,11H,2-4H2,1H3,(H,15,20). The lowest BCUT2D eigenvalue weighted by atomic mass is 10.2. The molecule has 2 aromatic heterocycles. The Morgan fingerprint density at radius 3 is 2.55 bits per heavy atom. The van der Waals surface area contributed by atoms with Gasteiger partial charge in [-0.25, -0.2) is 0 Å². The first-order chi connectivity index (χ1) is 9.60. The van der Waals surface area contributed by atoms with Crippen molar-refractivity contribution in [3.05, 3.63) is 33.7 Å². The summed E-state index contributed by atoms with van der Waals surface area (Å²) in [5.41, 5.74) is 0. The van der Waals surface area contributed by atoms with Gasteiger partial charge in [0.25, 0.3) is 0 Å². The average Bonchev–Trinajstić information content (AvgIpc) is 3.00. The van der Waals surface area contributed by atoms with Crippen molar-refractivity contribution in [1.29, 1.82) is 0 Å². The largest absolute Gasteiger partial charge is 0.352 e. The molecule has 0 aromatic carbocycles. The third-order valence-electron chi connectivity index (χ3n) is 2.82. The van der Waals surface area contributed by atoms with Crippen LogP contribution >= 0.6 is 31.9 Å². The zero-order chi connectivity index (χ0) is 14.5. The molecule has 8 heteroatoms. The molecular weight excluding hydrogens is 390 g/mol. The molecule has 6 nitrogen and oxygen atoms in total. The lowest BCUT2D eigenvalue weighted by Gasteiger charge is -2.15. The van der Waals surface area contributed by atoms with Crippen LogP contribution in [0.1, 0.15) is 19.4 Å². The molecule has 0 saturated heterocycles. The smallest absolute Gasteiger partial charge is 0.244 e. The fourth-order valence-corrected chi connectivity index (χ4v) is 2.48. The minimum absolute atomic E-state index is 0.0330. The number of rotatable bonds is 6. The number of amides is 1. The quantitative estimate of drug-likeness (QED) is 0.803. The van der Waals surface area contributed by atoms with Crippen LogP contribution < -0.4 is 5.32 Å². The maximum Gasteiger partial charge on any atom is 0.244 e. The van der Waals surface area contributed by atoms with Crippen LogP contribution in [0.15, 0.2) is 33.7 Å². The normalized spacial score (nSPS) is 12.3. The second kappa shape index (κ2) is 7.03. The molecule has 0 aliphatic heterocycles. The Balaban J connectivity index is 1.86. The summed E-state index contributed by atoms with van der Waals surface area (Å²) < 4.78 is 5.24. The van der Waals surface area contributed by atoms with E-state index in [-0.39, 0.29) is 11.9 Å². The topological polar surface area (TPSA) is 64.7 Å².